The Kier molecular flexibility index (Phi) is 2.79. The summed E-state index contributed by atoms with van der Waals surface area (Å²) in [6.07, 6.45) is 0. The molecule has 82 valence electrons. The number of carboxylic acids is 1. The second kappa shape index (κ2) is 4.10. The van der Waals surface area contributed by atoms with E-state index in [9.17, 15) is 4.79 Å². The Morgan fingerprint density at radius 1 is 1.25 bits per heavy atom. The normalized spacial score (nSPS) is 10.4. The van der Waals surface area contributed by atoms with Gasteiger partial charge in [-0.05, 0) is 48.1 Å². The van der Waals surface area contributed by atoms with E-state index in [-0.39, 0.29) is 0 Å². The smallest absolute Gasteiger partial charge is 0.335 e. The zero-order chi connectivity index (χ0) is 11.7. The fourth-order valence-electron chi connectivity index (χ4n) is 1.70. The molecule has 0 saturated carbocycles. The summed E-state index contributed by atoms with van der Waals surface area (Å²) < 4.78 is 0. The van der Waals surface area contributed by atoms with Gasteiger partial charge in [-0.2, -0.15) is 0 Å². The van der Waals surface area contributed by atoms with Gasteiger partial charge in [-0.15, -0.1) is 11.3 Å². The standard InChI is InChI=1S/C13H12O2S/c1-8-3-4-10(7-12(8)13(14)15)11-5-6-16-9(11)2/h3-7H,1-2H3,(H,14,15). The van der Waals surface area contributed by atoms with Gasteiger partial charge in [0.05, 0.1) is 5.56 Å². The summed E-state index contributed by atoms with van der Waals surface area (Å²) in [5, 5.41) is 11.1. The molecule has 0 atom stereocenters. The maximum atomic E-state index is 11.0. The molecule has 0 unspecified atom stereocenters. The van der Waals surface area contributed by atoms with E-state index < -0.39 is 5.97 Å². The molecule has 16 heavy (non-hydrogen) atoms. The molecule has 3 heteroatoms. The molecule has 2 aromatic rings. The van der Waals surface area contributed by atoms with Crippen molar-refractivity contribution >= 4 is 17.3 Å². The third-order valence-electron chi connectivity index (χ3n) is 2.64. The van der Waals surface area contributed by atoms with E-state index in [4.69, 9.17) is 5.11 Å². The van der Waals surface area contributed by atoms with Crippen molar-refractivity contribution < 1.29 is 9.90 Å². The summed E-state index contributed by atoms with van der Waals surface area (Å²) in [7, 11) is 0. The second-order valence-electron chi connectivity index (χ2n) is 3.73. The molecule has 0 fully saturated rings. The van der Waals surface area contributed by atoms with Crippen molar-refractivity contribution in [3.05, 3.63) is 45.6 Å². The van der Waals surface area contributed by atoms with E-state index in [1.165, 1.54) is 4.88 Å². The summed E-state index contributed by atoms with van der Waals surface area (Å²) in [5.41, 5.74) is 3.27. The molecule has 1 aromatic carbocycles. The summed E-state index contributed by atoms with van der Waals surface area (Å²) in [6, 6.07) is 7.59. The highest BCUT2D eigenvalue weighted by atomic mass is 32.1. The van der Waals surface area contributed by atoms with Gasteiger partial charge in [-0.3, -0.25) is 0 Å². The van der Waals surface area contributed by atoms with Crippen molar-refractivity contribution in [2.75, 3.05) is 0 Å². The van der Waals surface area contributed by atoms with Gasteiger partial charge >= 0.3 is 5.97 Å². The maximum absolute atomic E-state index is 11.0. The van der Waals surface area contributed by atoms with Crippen LogP contribution in [0.4, 0.5) is 0 Å². The lowest BCUT2D eigenvalue weighted by molar-refractivity contribution is 0.0696. The first-order valence-corrected chi connectivity index (χ1v) is 5.86. The van der Waals surface area contributed by atoms with Crippen LogP contribution in [0, 0.1) is 13.8 Å². The Morgan fingerprint density at radius 3 is 2.56 bits per heavy atom. The highest BCUT2D eigenvalue weighted by Crippen LogP contribution is 2.28. The lowest BCUT2D eigenvalue weighted by Gasteiger charge is -2.05. The number of hydrogen-bond donors (Lipinski definition) is 1. The number of aryl methyl sites for hydroxylation is 2. The fraction of sp³-hybridized carbons (Fsp3) is 0.154. The maximum Gasteiger partial charge on any atom is 0.335 e. The van der Waals surface area contributed by atoms with Crippen LogP contribution >= 0.6 is 11.3 Å². The Labute approximate surface area is 98.2 Å². The number of carbonyl (C=O) groups is 1. The minimum absolute atomic E-state index is 0.378. The number of benzene rings is 1. The Hall–Kier alpha value is -1.61. The first kappa shape index (κ1) is 10.9. The molecule has 0 aliphatic carbocycles. The number of rotatable bonds is 2. The summed E-state index contributed by atoms with van der Waals surface area (Å²) in [6.45, 7) is 3.86. The summed E-state index contributed by atoms with van der Waals surface area (Å²) in [4.78, 5) is 12.2. The molecule has 1 N–H and O–H groups in total. The fourth-order valence-corrected chi connectivity index (χ4v) is 2.43. The van der Waals surface area contributed by atoms with Crippen molar-refractivity contribution in [1.29, 1.82) is 0 Å². The number of carboxylic acid groups (broad SMARTS) is 1. The average Bonchev–Trinajstić information content (AvgIpc) is 2.65. The van der Waals surface area contributed by atoms with E-state index in [1.54, 1.807) is 17.4 Å². The minimum Gasteiger partial charge on any atom is -0.478 e. The quantitative estimate of drug-likeness (QED) is 0.856. The molecule has 0 radical (unpaired) electrons. The third-order valence-corrected chi connectivity index (χ3v) is 3.48. The molecule has 0 aliphatic rings. The largest absolute Gasteiger partial charge is 0.478 e. The Bertz CT molecular complexity index is 541. The van der Waals surface area contributed by atoms with E-state index in [1.807, 2.05) is 37.4 Å². The van der Waals surface area contributed by atoms with Crippen LogP contribution in [0.5, 0.6) is 0 Å². The lowest BCUT2D eigenvalue weighted by Crippen LogP contribution is -1.99. The van der Waals surface area contributed by atoms with Crippen molar-refractivity contribution in [1.82, 2.24) is 0 Å². The van der Waals surface area contributed by atoms with Gasteiger partial charge in [-0.1, -0.05) is 12.1 Å². The minimum atomic E-state index is -0.868. The van der Waals surface area contributed by atoms with E-state index in [0.29, 0.717) is 5.56 Å². The molecule has 0 saturated heterocycles. The van der Waals surface area contributed by atoms with Crippen LogP contribution in [0.15, 0.2) is 29.6 Å². The average molecular weight is 232 g/mol. The summed E-state index contributed by atoms with van der Waals surface area (Å²) in [5.74, 6) is -0.868. The molecule has 2 rings (SSSR count). The van der Waals surface area contributed by atoms with Crippen molar-refractivity contribution in [3.8, 4) is 11.1 Å². The van der Waals surface area contributed by atoms with Gasteiger partial charge in [0.2, 0.25) is 0 Å². The molecule has 1 heterocycles. The predicted octanol–water partition coefficient (Wildman–Crippen LogP) is 3.73. The van der Waals surface area contributed by atoms with Gasteiger partial charge in [0.15, 0.2) is 0 Å². The van der Waals surface area contributed by atoms with Crippen LogP contribution in [0.25, 0.3) is 11.1 Å². The van der Waals surface area contributed by atoms with E-state index in [2.05, 4.69) is 0 Å². The topological polar surface area (TPSA) is 37.3 Å². The van der Waals surface area contributed by atoms with Crippen LogP contribution in [0.2, 0.25) is 0 Å². The molecule has 0 amide bonds. The molecule has 2 nitrogen and oxygen atoms in total. The predicted molar refractivity (Wildman–Crippen MR) is 66.2 cm³/mol. The summed E-state index contributed by atoms with van der Waals surface area (Å²) >= 11 is 1.67. The highest BCUT2D eigenvalue weighted by Gasteiger charge is 2.10. The van der Waals surface area contributed by atoms with Crippen LogP contribution in [-0.2, 0) is 0 Å². The molecule has 0 aliphatic heterocycles. The number of aromatic carboxylic acids is 1. The van der Waals surface area contributed by atoms with E-state index in [0.717, 1.165) is 16.7 Å². The van der Waals surface area contributed by atoms with Gasteiger partial charge < -0.3 is 5.11 Å². The van der Waals surface area contributed by atoms with Gasteiger partial charge in [0.25, 0.3) is 0 Å². The van der Waals surface area contributed by atoms with E-state index >= 15 is 0 Å². The third kappa shape index (κ3) is 1.86. The zero-order valence-corrected chi connectivity index (χ0v) is 9.97. The first-order chi connectivity index (χ1) is 7.59. The molecule has 0 bridgehead atoms. The first-order valence-electron chi connectivity index (χ1n) is 4.98. The van der Waals surface area contributed by atoms with Crippen LogP contribution in [-0.4, -0.2) is 11.1 Å². The molecule has 1 aromatic heterocycles. The highest BCUT2D eigenvalue weighted by molar-refractivity contribution is 7.10. The SMILES string of the molecule is Cc1ccc(-c2ccsc2C)cc1C(=O)O. The number of thiophene rings is 1. The van der Waals surface area contributed by atoms with Crippen molar-refractivity contribution in [2.45, 2.75) is 13.8 Å². The van der Waals surface area contributed by atoms with Crippen molar-refractivity contribution in [2.24, 2.45) is 0 Å². The zero-order valence-electron chi connectivity index (χ0n) is 9.15. The Morgan fingerprint density at radius 2 is 2.00 bits per heavy atom. The number of hydrogen-bond acceptors (Lipinski definition) is 2. The second-order valence-corrected chi connectivity index (χ2v) is 4.85. The molecular formula is C13H12O2S. The lowest BCUT2D eigenvalue weighted by atomic mass is 10.0. The van der Waals surface area contributed by atoms with Crippen LogP contribution < -0.4 is 0 Å². The van der Waals surface area contributed by atoms with Gasteiger partial charge in [-0.25, -0.2) is 4.79 Å². The van der Waals surface area contributed by atoms with Crippen molar-refractivity contribution in [3.63, 3.8) is 0 Å². The molecular weight excluding hydrogens is 220 g/mol. The Balaban J connectivity index is 2.56. The van der Waals surface area contributed by atoms with Gasteiger partial charge in [0, 0.05) is 4.88 Å². The monoisotopic (exact) mass is 232 g/mol. The van der Waals surface area contributed by atoms with Crippen LogP contribution in [0.3, 0.4) is 0 Å². The molecule has 0 spiro atoms. The van der Waals surface area contributed by atoms with Gasteiger partial charge in [0.1, 0.15) is 0 Å². The van der Waals surface area contributed by atoms with Crippen LogP contribution in [0.1, 0.15) is 20.8 Å².